The number of esters is 1. The zero-order valence-electron chi connectivity index (χ0n) is 14.0. The van der Waals surface area contributed by atoms with Gasteiger partial charge in [0.05, 0.1) is 4.92 Å². The van der Waals surface area contributed by atoms with E-state index in [1.54, 1.807) is 42.1 Å². The molecule has 138 valence electrons. The normalized spacial score (nSPS) is 10.6. The number of halogens is 1. The highest BCUT2D eigenvalue weighted by molar-refractivity contribution is 7.99. The second-order valence-corrected chi connectivity index (χ2v) is 7.01. The monoisotopic (exact) mass is 403 g/mol. The summed E-state index contributed by atoms with van der Waals surface area (Å²) < 4.78 is 10.7. The van der Waals surface area contributed by atoms with E-state index >= 15 is 0 Å². The first-order chi connectivity index (χ1) is 13.0. The topological polar surface area (TPSA) is 82.6 Å². The smallest absolute Gasteiger partial charge is 0.374 e. The molecular weight excluding hydrogens is 390 g/mol. The molecule has 0 saturated heterocycles. The van der Waals surface area contributed by atoms with Gasteiger partial charge in [0.15, 0.2) is 0 Å². The maximum atomic E-state index is 12.1. The van der Waals surface area contributed by atoms with Crippen molar-refractivity contribution in [3.63, 3.8) is 0 Å². The maximum Gasteiger partial charge on any atom is 0.374 e. The number of ether oxygens (including phenoxy) is 1. The number of non-ortho nitro benzene ring substituents is 1. The molecule has 0 spiro atoms. The number of nitro groups is 1. The lowest BCUT2D eigenvalue weighted by molar-refractivity contribution is -0.384. The molecule has 0 N–H and O–H groups in total. The van der Waals surface area contributed by atoms with Crippen molar-refractivity contribution in [2.75, 3.05) is 12.4 Å². The van der Waals surface area contributed by atoms with Gasteiger partial charge in [-0.2, -0.15) is 0 Å². The zero-order chi connectivity index (χ0) is 19.2. The number of hydrogen-bond acceptors (Lipinski definition) is 6. The van der Waals surface area contributed by atoms with Crippen molar-refractivity contribution < 1.29 is 18.9 Å². The molecule has 0 radical (unpaired) electrons. The molecule has 0 unspecified atom stereocenters. The van der Waals surface area contributed by atoms with Gasteiger partial charge in [-0.25, -0.2) is 4.79 Å². The molecule has 8 heteroatoms. The lowest BCUT2D eigenvalue weighted by Crippen LogP contribution is -2.06. The van der Waals surface area contributed by atoms with Crippen molar-refractivity contribution in [2.24, 2.45) is 0 Å². The average molecular weight is 404 g/mol. The van der Waals surface area contributed by atoms with Crippen LogP contribution in [0.2, 0.25) is 5.02 Å². The molecule has 0 saturated carbocycles. The minimum absolute atomic E-state index is 0.0110. The highest BCUT2D eigenvalue weighted by Gasteiger charge is 2.14. The van der Waals surface area contributed by atoms with Gasteiger partial charge in [0.2, 0.25) is 5.76 Å². The van der Waals surface area contributed by atoms with Crippen molar-refractivity contribution in [1.82, 2.24) is 0 Å². The molecule has 1 heterocycles. The molecule has 0 bridgehead atoms. The van der Waals surface area contributed by atoms with Gasteiger partial charge in [0, 0.05) is 33.4 Å². The fraction of sp³-hybridized carbons (Fsp3) is 0.105. The van der Waals surface area contributed by atoms with Gasteiger partial charge in [0.1, 0.15) is 12.4 Å². The van der Waals surface area contributed by atoms with Crippen LogP contribution in [0, 0.1) is 10.1 Å². The Morgan fingerprint density at radius 3 is 2.44 bits per heavy atom. The molecule has 6 nitrogen and oxygen atoms in total. The van der Waals surface area contributed by atoms with Crippen LogP contribution in [-0.2, 0) is 4.74 Å². The largest absolute Gasteiger partial charge is 0.459 e. The molecule has 0 amide bonds. The van der Waals surface area contributed by atoms with Crippen LogP contribution in [0.25, 0.3) is 11.3 Å². The van der Waals surface area contributed by atoms with E-state index < -0.39 is 10.9 Å². The zero-order valence-corrected chi connectivity index (χ0v) is 15.5. The van der Waals surface area contributed by atoms with E-state index in [9.17, 15) is 14.9 Å². The summed E-state index contributed by atoms with van der Waals surface area (Å²) in [5, 5.41) is 11.4. The molecule has 0 atom stereocenters. The van der Waals surface area contributed by atoms with Crippen molar-refractivity contribution in [3.8, 4) is 11.3 Å². The molecule has 0 fully saturated rings. The molecule has 3 rings (SSSR count). The maximum absolute atomic E-state index is 12.1. The van der Waals surface area contributed by atoms with Gasteiger partial charge in [0.25, 0.3) is 5.69 Å². The second kappa shape index (κ2) is 8.75. The lowest BCUT2D eigenvalue weighted by atomic mass is 10.1. The Morgan fingerprint density at radius 2 is 1.78 bits per heavy atom. The van der Waals surface area contributed by atoms with Crippen molar-refractivity contribution >= 4 is 35.0 Å². The molecule has 3 aromatic rings. The van der Waals surface area contributed by atoms with Gasteiger partial charge in [-0.05, 0) is 48.5 Å². The number of nitro benzene ring substituents is 1. The molecule has 0 aliphatic carbocycles. The fourth-order valence-corrected chi connectivity index (χ4v) is 3.10. The van der Waals surface area contributed by atoms with Crippen LogP contribution >= 0.6 is 23.4 Å². The number of nitrogens with zero attached hydrogens (tertiary/aromatic N) is 1. The van der Waals surface area contributed by atoms with Crippen LogP contribution in [0.4, 0.5) is 5.69 Å². The number of thioether (sulfide) groups is 1. The minimum Gasteiger partial charge on any atom is -0.459 e. The predicted octanol–water partition coefficient (Wildman–Crippen LogP) is 5.46. The van der Waals surface area contributed by atoms with Crippen LogP contribution in [0.3, 0.4) is 0 Å². The third kappa shape index (κ3) is 5.12. The molecular formula is C19H14ClNO5S. The van der Waals surface area contributed by atoms with Crippen molar-refractivity contribution in [2.45, 2.75) is 4.90 Å². The Hall–Kier alpha value is -2.77. The van der Waals surface area contributed by atoms with Crippen LogP contribution in [0.15, 0.2) is 70.0 Å². The number of benzene rings is 2. The third-order valence-corrected chi connectivity index (χ3v) is 4.80. The summed E-state index contributed by atoms with van der Waals surface area (Å²) >= 11 is 7.38. The van der Waals surface area contributed by atoms with Gasteiger partial charge in [-0.15, -0.1) is 11.8 Å². The predicted molar refractivity (Wildman–Crippen MR) is 103 cm³/mol. The fourth-order valence-electron chi connectivity index (χ4n) is 2.25. The summed E-state index contributed by atoms with van der Waals surface area (Å²) in [4.78, 5) is 23.3. The van der Waals surface area contributed by atoms with E-state index in [-0.39, 0.29) is 18.1 Å². The highest BCUT2D eigenvalue weighted by Crippen LogP contribution is 2.25. The third-order valence-electron chi connectivity index (χ3n) is 3.57. The van der Waals surface area contributed by atoms with E-state index in [2.05, 4.69) is 0 Å². The van der Waals surface area contributed by atoms with E-state index in [0.717, 1.165) is 4.90 Å². The first-order valence-corrected chi connectivity index (χ1v) is 9.29. The summed E-state index contributed by atoms with van der Waals surface area (Å²) in [6.45, 7) is 0.236. The molecule has 0 aliphatic rings. The molecule has 1 aromatic heterocycles. The number of rotatable bonds is 7. The number of furan rings is 1. The number of carbonyl (C=O) groups is 1. The Morgan fingerprint density at radius 1 is 1.07 bits per heavy atom. The van der Waals surface area contributed by atoms with Gasteiger partial charge in [-0.3, -0.25) is 10.1 Å². The molecule has 27 heavy (non-hydrogen) atoms. The van der Waals surface area contributed by atoms with Crippen LogP contribution in [0.1, 0.15) is 10.6 Å². The second-order valence-electron chi connectivity index (χ2n) is 5.41. The summed E-state index contributed by atoms with van der Waals surface area (Å²) in [6, 6.07) is 16.4. The summed E-state index contributed by atoms with van der Waals surface area (Å²) in [5.74, 6) is 0.565. The first kappa shape index (κ1) is 19.0. The summed E-state index contributed by atoms with van der Waals surface area (Å²) in [7, 11) is 0. The van der Waals surface area contributed by atoms with E-state index in [0.29, 0.717) is 22.1 Å². The van der Waals surface area contributed by atoms with Gasteiger partial charge >= 0.3 is 5.97 Å². The van der Waals surface area contributed by atoms with E-state index in [1.165, 1.54) is 18.2 Å². The van der Waals surface area contributed by atoms with Crippen LogP contribution in [0.5, 0.6) is 0 Å². The van der Waals surface area contributed by atoms with Crippen LogP contribution in [-0.4, -0.2) is 23.3 Å². The summed E-state index contributed by atoms with van der Waals surface area (Å²) in [6.07, 6.45) is 0. The first-order valence-electron chi connectivity index (χ1n) is 7.93. The number of carbonyl (C=O) groups excluding carboxylic acids is 1. The van der Waals surface area contributed by atoms with Gasteiger partial charge in [-0.1, -0.05) is 11.6 Å². The standard InChI is InChI=1S/C19H14ClNO5S/c20-14-3-7-16(8-4-14)27-12-11-25-19(22)18-10-9-17(26-18)13-1-5-15(6-2-13)21(23)24/h1-10H,11-12H2. The van der Waals surface area contributed by atoms with E-state index in [1.807, 2.05) is 12.1 Å². The quantitative estimate of drug-likeness (QED) is 0.171. The van der Waals surface area contributed by atoms with Gasteiger partial charge < -0.3 is 9.15 Å². The molecule has 2 aromatic carbocycles. The van der Waals surface area contributed by atoms with Crippen LogP contribution < -0.4 is 0 Å². The Kier molecular flexibility index (Phi) is 6.16. The van der Waals surface area contributed by atoms with E-state index in [4.69, 9.17) is 20.8 Å². The Bertz CT molecular complexity index is 937. The number of hydrogen-bond donors (Lipinski definition) is 0. The Balaban J connectivity index is 1.52. The Labute approximate surface area is 164 Å². The molecule has 0 aliphatic heterocycles. The van der Waals surface area contributed by atoms with Crippen molar-refractivity contribution in [3.05, 3.63) is 81.6 Å². The average Bonchev–Trinajstić information content (AvgIpc) is 3.17. The van der Waals surface area contributed by atoms with Crippen molar-refractivity contribution in [1.29, 1.82) is 0 Å². The SMILES string of the molecule is O=C(OCCSc1ccc(Cl)cc1)c1ccc(-c2ccc([N+](=O)[O-])cc2)o1. The highest BCUT2D eigenvalue weighted by atomic mass is 35.5. The minimum atomic E-state index is -0.556. The lowest BCUT2D eigenvalue weighted by Gasteiger charge is -2.03. The summed E-state index contributed by atoms with van der Waals surface area (Å²) in [5.41, 5.74) is 0.626.